The molecule has 1 aliphatic carbocycles. The van der Waals surface area contributed by atoms with E-state index in [1.54, 1.807) is 19.9 Å². The number of hydrogen-bond acceptors (Lipinski definition) is 6. The highest BCUT2D eigenvalue weighted by Gasteiger charge is 2.25. The summed E-state index contributed by atoms with van der Waals surface area (Å²) in [5, 5.41) is 6.31. The third kappa shape index (κ3) is 3.67. The number of anilines is 1. The molecule has 1 N–H and O–H groups in total. The van der Waals surface area contributed by atoms with Crippen LogP contribution in [0.3, 0.4) is 0 Å². The number of esters is 1. The standard InChI is InChI=1S/C17H20N2O4S/c1-3-12(16(20)18-15-8-10(2)23-19-15)22-17(21)14-9-11-6-4-5-7-13(11)24-14/h8-9,12H,3-7H2,1-2H3,(H,18,19,20). The quantitative estimate of drug-likeness (QED) is 0.836. The fourth-order valence-corrected chi connectivity index (χ4v) is 3.87. The van der Waals surface area contributed by atoms with Crippen molar-refractivity contribution in [2.24, 2.45) is 0 Å². The minimum atomic E-state index is -0.853. The Morgan fingerprint density at radius 1 is 1.38 bits per heavy atom. The average molecular weight is 348 g/mol. The minimum Gasteiger partial charge on any atom is -0.448 e. The van der Waals surface area contributed by atoms with Crippen LogP contribution in [0.4, 0.5) is 5.82 Å². The molecule has 0 saturated heterocycles. The Hall–Kier alpha value is -2.15. The first-order valence-electron chi connectivity index (χ1n) is 8.13. The van der Waals surface area contributed by atoms with E-state index in [1.165, 1.54) is 28.2 Å². The second-order valence-electron chi connectivity index (χ2n) is 5.88. The number of fused-ring (bicyclic) bond motifs is 1. The van der Waals surface area contributed by atoms with E-state index < -0.39 is 18.0 Å². The van der Waals surface area contributed by atoms with Gasteiger partial charge in [-0.3, -0.25) is 4.79 Å². The first kappa shape index (κ1) is 16.7. The first-order chi connectivity index (χ1) is 11.6. The summed E-state index contributed by atoms with van der Waals surface area (Å²) in [7, 11) is 0. The van der Waals surface area contributed by atoms with Gasteiger partial charge in [-0.1, -0.05) is 12.1 Å². The monoisotopic (exact) mass is 348 g/mol. The summed E-state index contributed by atoms with van der Waals surface area (Å²) in [6, 6.07) is 3.52. The molecule has 128 valence electrons. The number of nitrogens with one attached hydrogen (secondary N) is 1. The summed E-state index contributed by atoms with van der Waals surface area (Å²) in [5.41, 5.74) is 1.24. The van der Waals surface area contributed by atoms with Crippen molar-refractivity contribution in [3.63, 3.8) is 0 Å². The van der Waals surface area contributed by atoms with Crippen molar-refractivity contribution in [3.05, 3.63) is 33.2 Å². The molecule has 7 heteroatoms. The number of amides is 1. The number of carbonyl (C=O) groups is 2. The van der Waals surface area contributed by atoms with Gasteiger partial charge in [-0.15, -0.1) is 11.3 Å². The van der Waals surface area contributed by atoms with E-state index in [0.717, 1.165) is 19.3 Å². The van der Waals surface area contributed by atoms with Gasteiger partial charge in [0.05, 0.1) is 0 Å². The van der Waals surface area contributed by atoms with E-state index in [4.69, 9.17) is 9.26 Å². The summed E-state index contributed by atoms with van der Waals surface area (Å²) < 4.78 is 10.3. The summed E-state index contributed by atoms with van der Waals surface area (Å²) in [4.78, 5) is 26.5. The maximum absolute atomic E-state index is 12.4. The van der Waals surface area contributed by atoms with E-state index in [2.05, 4.69) is 10.5 Å². The van der Waals surface area contributed by atoms with Crippen molar-refractivity contribution in [2.75, 3.05) is 5.32 Å². The number of hydrogen-bond donors (Lipinski definition) is 1. The van der Waals surface area contributed by atoms with Crippen LogP contribution in [0.2, 0.25) is 0 Å². The molecule has 2 heterocycles. The third-order valence-corrected chi connectivity index (χ3v) is 5.21. The smallest absolute Gasteiger partial charge is 0.349 e. The highest BCUT2D eigenvalue weighted by molar-refractivity contribution is 7.14. The molecule has 3 rings (SSSR count). The maximum atomic E-state index is 12.4. The fraction of sp³-hybridized carbons (Fsp3) is 0.471. The van der Waals surface area contributed by atoms with E-state index in [1.807, 2.05) is 6.07 Å². The number of nitrogens with zero attached hydrogens (tertiary/aromatic N) is 1. The van der Waals surface area contributed by atoms with Crippen molar-refractivity contribution in [2.45, 2.75) is 52.1 Å². The summed E-state index contributed by atoms with van der Waals surface area (Å²) in [6.45, 7) is 3.53. The molecule has 0 aliphatic heterocycles. The molecule has 24 heavy (non-hydrogen) atoms. The van der Waals surface area contributed by atoms with Gasteiger partial charge in [0.1, 0.15) is 10.6 Å². The molecule has 1 aliphatic rings. The zero-order valence-corrected chi connectivity index (χ0v) is 14.6. The van der Waals surface area contributed by atoms with Gasteiger partial charge in [0.15, 0.2) is 11.9 Å². The minimum absolute atomic E-state index is 0.318. The second-order valence-corrected chi connectivity index (χ2v) is 7.02. The van der Waals surface area contributed by atoms with Gasteiger partial charge in [0, 0.05) is 10.9 Å². The predicted molar refractivity (Wildman–Crippen MR) is 90.3 cm³/mol. The van der Waals surface area contributed by atoms with Crippen LogP contribution >= 0.6 is 11.3 Å². The molecule has 0 saturated carbocycles. The molecule has 0 radical (unpaired) electrons. The molecule has 1 unspecified atom stereocenters. The van der Waals surface area contributed by atoms with Crippen molar-refractivity contribution < 1.29 is 18.8 Å². The molecule has 1 amide bonds. The Morgan fingerprint density at radius 2 is 2.17 bits per heavy atom. The Bertz CT molecular complexity index is 726. The highest BCUT2D eigenvalue weighted by Crippen LogP contribution is 2.30. The van der Waals surface area contributed by atoms with Gasteiger partial charge in [-0.05, 0) is 50.7 Å². The summed E-state index contributed by atoms with van der Waals surface area (Å²) >= 11 is 1.48. The molecule has 0 aromatic carbocycles. The van der Waals surface area contributed by atoms with Crippen molar-refractivity contribution in [3.8, 4) is 0 Å². The number of aryl methyl sites for hydroxylation is 3. The van der Waals surface area contributed by atoms with Crippen LogP contribution in [0.25, 0.3) is 0 Å². The zero-order valence-electron chi connectivity index (χ0n) is 13.8. The third-order valence-electron chi connectivity index (χ3n) is 3.99. The number of ether oxygens (including phenoxy) is 1. The highest BCUT2D eigenvalue weighted by atomic mass is 32.1. The second kappa shape index (κ2) is 7.17. The molecule has 1 atom stereocenters. The largest absolute Gasteiger partial charge is 0.448 e. The first-order valence-corrected chi connectivity index (χ1v) is 8.95. The lowest BCUT2D eigenvalue weighted by Crippen LogP contribution is -2.32. The Labute approximate surface area is 144 Å². The van der Waals surface area contributed by atoms with Gasteiger partial charge in [-0.25, -0.2) is 4.79 Å². The molecule has 2 aromatic rings. The maximum Gasteiger partial charge on any atom is 0.349 e. The lowest BCUT2D eigenvalue weighted by atomic mass is 9.99. The Balaban J connectivity index is 1.64. The molecule has 0 spiro atoms. The molecular weight excluding hydrogens is 328 g/mol. The molecule has 2 aromatic heterocycles. The van der Waals surface area contributed by atoms with Crippen molar-refractivity contribution >= 4 is 29.0 Å². The van der Waals surface area contributed by atoms with Gasteiger partial charge in [-0.2, -0.15) is 0 Å². The lowest BCUT2D eigenvalue weighted by Gasteiger charge is -2.14. The summed E-state index contributed by atoms with van der Waals surface area (Å²) in [6.07, 6.45) is 3.90. The van der Waals surface area contributed by atoms with Gasteiger partial charge >= 0.3 is 5.97 Å². The van der Waals surface area contributed by atoms with E-state index in [0.29, 0.717) is 22.9 Å². The number of thiophene rings is 1. The van der Waals surface area contributed by atoms with Crippen LogP contribution in [0.15, 0.2) is 16.7 Å². The fourth-order valence-electron chi connectivity index (χ4n) is 2.73. The lowest BCUT2D eigenvalue weighted by molar-refractivity contribution is -0.124. The summed E-state index contributed by atoms with van der Waals surface area (Å²) in [5.74, 6) is 0.0753. The average Bonchev–Trinajstić information content (AvgIpc) is 3.18. The molecule has 0 fully saturated rings. The number of rotatable bonds is 5. The molecule has 6 nitrogen and oxygen atoms in total. The molecule has 0 bridgehead atoms. The molecular formula is C17H20N2O4S. The van der Waals surface area contributed by atoms with Crippen LogP contribution in [0.5, 0.6) is 0 Å². The van der Waals surface area contributed by atoms with Crippen LogP contribution < -0.4 is 5.32 Å². The van der Waals surface area contributed by atoms with Gasteiger partial charge in [0.2, 0.25) is 0 Å². The zero-order chi connectivity index (χ0) is 17.1. The Kier molecular flexibility index (Phi) is 4.99. The van der Waals surface area contributed by atoms with Gasteiger partial charge in [0.25, 0.3) is 5.91 Å². The van der Waals surface area contributed by atoms with E-state index in [-0.39, 0.29) is 0 Å². The van der Waals surface area contributed by atoms with E-state index >= 15 is 0 Å². The van der Waals surface area contributed by atoms with Crippen LogP contribution in [-0.2, 0) is 22.4 Å². The topological polar surface area (TPSA) is 81.4 Å². The Morgan fingerprint density at radius 3 is 2.83 bits per heavy atom. The number of aromatic nitrogens is 1. The van der Waals surface area contributed by atoms with Crippen molar-refractivity contribution in [1.29, 1.82) is 0 Å². The van der Waals surface area contributed by atoms with Crippen LogP contribution in [-0.4, -0.2) is 23.1 Å². The SMILES string of the molecule is CCC(OC(=O)c1cc2c(s1)CCCC2)C(=O)Nc1cc(C)on1. The van der Waals surface area contributed by atoms with Crippen LogP contribution in [0, 0.1) is 6.92 Å². The normalized spacial score (nSPS) is 14.8. The number of carbonyl (C=O) groups excluding carboxylic acids is 2. The van der Waals surface area contributed by atoms with Crippen LogP contribution in [0.1, 0.15) is 52.1 Å². The van der Waals surface area contributed by atoms with Gasteiger partial charge < -0.3 is 14.6 Å². The van der Waals surface area contributed by atoms with Crippen molar-refractivity contribution in [1.82, 2.24) is 5.16 Å². The predicted octanol–water partition coefficient (Wildman–Crippen LogP) is 3.50. The van der Waals surface area contributed by atoms with E-state index in [9.17, 15) is 9.59 Å².